The second-order valence-electron chi connectivity index (χ2n) is 3.71. The highest BCUT2D eigenvalue weighted by Gasteiger charge is 2.06. The lowest BCUT2D eigenvalue weighted by atomic mass is 10.1. The topological polar surface area (TPSA) is 52.6 Å². The lowest BCUT2D eigenvalue weighted by molar-refractivity contribution is -0.137. The fourth-order valence-corrected chi connectivity index (χ4v) is 1.02. The van der Waals surface area contributed by atoms with Gasteiger partial charge in [-0.25, -0.2) is 0 Å². The fraction of sp³-hybridized carbons (Fsp3) is 0.889. The fourth-order valence-electron chi connectivity index (χ4n) is 1.02. The molecule has 13 heavy (non-hydrogen) atoms. The normalized spacial score (nSPS) is 13.2. The van der Waals surface area contributed by atoms with Gasteiger partial charge in [-0.05, 0) is 26.6 Å². The van der Waals surface area contributed by atoms with Crippen molar-refractivity contribution in [2.45, 2.75) is 13.3 Å². The quantitative estimate of drug-likeness (QED) is 0.562. The maximum absolute atomic E-state index is 10.3. The van der Waals surface area contributed by atoms with E-state index in [0.717, 1.165) is 19.6 Å². The molecule has 0 bridgehead atoms. The molecule has 4 nitrogen and oxygen atoms in total. The number of nitrogens with zero attached hydrogens (tertiary/aromatic N) is 1. The number of rotatable bonds is 7. The smallest absolute Gasteiger partial charge is 0.303 e. The first-order chi connectivity index (χ1) is 6.02. The van der Waals surface area contributed by atoms with E-state index >= 15 is 0 Å². The summed E-state index contributed by atoms with van der Waals surface area (Å²) >= 11 is 0. The highest BCUT2D eigenvalue weighted by molar-refractivity contribution is 5.66. The van der Waals surface area contributed by atoms with Crippen LogP contribution in [0.15, 0.2) is 0 Å². The van der Waals surface area contributed by atoms with E-state index in [-0.39, 0.29) is 12.3 Å². The van der Waals surface area contributed by atoms with Crippen LogP contribution in [0.2, 0.25) is 0 Å². The van der Waals surface area contributed by atoms with Crippen LogP contribution in [0.25, 0.3) is 0 Å². The molecule has 0 rings (SSSR count). The Labute approximate surface area is 79.9 Å². The van der Waals surface area contributed by atoms with E-state index < -0.39 is 5.97 Å². The molecule has 0 aromatic heterocycles. The maximum Gasteiger partial charge on any atom is 0.303 e. The van der Waals surface area contributed by atoms with Crippen LogP contribution in [0.3, 0.4) is 0 Å². The summed E-state index contributed by atoms with van der Waals surface area (Å²) in [6, 6.07) is 0. The van der Waals surface area contributed by atoms with E-state index in [1.807, 2.05) is 21.0 Å². The van der Waals surface area contributed by atoms with Crippen molar-refractivity contribution in [1.82, 2.24) is 10.2 Å². The van der Waals surface area contributed by atoms with Gasteiger partial charge in [0.15, 0.2) is 0 Å². The SMILES string of the molecule is CC(CNCCN(C)C)CC(=O)O. The lowest BCUT2D eigenvalue weighted by Gasteiger charge is -2.12. The van der Waals surface area contributed by atoms with E-state index in [1.165, 1.54) is 0 Å². The minimum absolute atomic E-state index is 0.208. The molecule has 1 atom stereocenters. The van der Waals surface area contributed by atoms with E-state index in [2.05, 4.69) is 10.2 Å². The molecule has 0 aliphatic carbocycles. The van der Waals surface area contributed by atoms with Gasteiger partial charge in [-0.2, -0.15) is 0 Å². The molecule has 0 aliphatic rings. The zero-order valence-electron chi connectivity index (χ0n) is 8.71. The number of hydrogen-bond donors (Lipinski definition) is 2. The molecular weight excluding hydrogens is 168 g/mol. The van der Waals surface area contributed by atoms with Crippen molar-refractivity contribution in [1.29, 1.82) is 0 Å². The van der Waals surface area contributed by atoms with Gasteiger partial charge >= 0.3 is 5.97 Å². The third-order valence-corrected chi connectivity index (χ3v) is 1.75. The maximum atomic E-state index is 10.3. The standard InChI is InChI=1S/C9H20N2O2/c1-8(6-9(12)13)7-10-4-5-11(2)3/h8,10H,4-7H2,1-3H3,(H,12,13). The summed E-state index contributed by atoms with van der Waals surface area (Å²) in [6.45, 7) is 4.62. The molecule has 0 aromatic carbocycles. The van der Waals surface area contributed by atoms with Crippen LogP contribution in [0.5, 0.6) is 0 Å². The van der Waals surface area contributed by atoms with Gasteiger partial charge in [0.05, 0.1) is 0 Å². The number of carbonyl (C=O) groups is 1. The van der Waals surface area contributed by atoms with Crippen LogP contribution in [0, 0.1) is 5.92 Å². The number of likely N-dealkylation sites (N-methyl/N-ethyl adjacent to an activating group) is 1. The van der Waals surface area contributed by atoms with Crippen molar-refractivity contribution in [2.75, 3.05) is 33.7 Å². The molecular formula is C9H20N2O2. The Morgan fingerprint density at radius 2 is 2.15 bits per heavy atom. The molecule has 4 heteroatoms. The molecule has 0 aliphatic heterocycles. The van der Waals surface area contributed by atoms with Crippen molar-refractivity contribution >= 4 is 5.97 Å². The molecule has 0 saturated heterocycles. The predicted octanol–water partition coefficient (Wildman–Crippen LogP) is 0.248. The Morgan fingerprint density at radius 1 is 1.54 bits per heavy atom. The van der Waals surface area contributed by atoms with Crippen LogP contribution >= 0.6 is 0 Å². The van der Waals surface area contributed by atoms with Gasteiger partial charge in [0.2, 0.25) is 0 Å². The molecule has 0 spiro atoms. The van der Waals surface area contributed by atoms with Crippen molar-refractivity contribution in [3.05, 3.63) is 0 Å². The number of aliphatic carboxylic acids is 1. The molecule has 0 amide bonds. The molecule has 0 heterocycles. The average Bonchev–Trinajstić information content (AvgIpc) is 1.96. The van der Waals surface area contributed by atoms with Crippen LogP contribution in [-0.2, 0) is 4.79 Å². The average molecular weight is 188 g/mol. The van der Waals surface area contributed by atoms with Gasteiger partial charge in [0.25, 0.3) is 0 Å². The van der Waals surface area contributed by atoms with Gasteiger partial charge in [-0.1, -0.05) is 6.92 Å². The van der Waals surface area contributed by atoms with Crippen LogP contribution < -0.4 is 5.32 Å². The van der Waals surface area contributed by atoms with Crippen molar-refractivity contribution in [3.63, 3.8) is 0 Å². The van der Waals surface area contributed by atoms with E-state index in [4.69, 9.17) is 5.11 Å². The number of carboxylic acids is 1. The molecule has 0 saturated carbocycles. The second kappa shape index (κ2) is 6.86. The predicted molar refractivity (Wildman–Crippen MR) is 52.8 cm³/mol. The summed E-state index contributed by atoms with van der Waals surface area (Å²) < 4.78 is 0. The first kappa shape index (κ1) is 12.4. The van der Waals surface area contributed by atoms with E-state index in [0.29, 0.717) is 0 Å². The van der Waals surface area contributed by atoms with Crippen molar-refractivity contribution in [3.8, 4) is 0 Å². The van der Waals surface area contributed by atoms with Crippen LogP contribution in [-0.4, -0.2) is 49.7 Å². The Bertz CT molecular complexity index is 149. The van der Waals surface area contributed by atoms with Gasteiger partial charge in [-0.15, -0.1) is 0 Å². The largest absolute Gasteiger partial charge is 0.481 e. The van der Waals surface area contributed by atoms with Gasteiger partial charge in [0, 0.05) is 19.5 Å². The summed E-state index contributed by atoms with van der Waals surface area (Å²) in [5.74, 6) is -0.512. The lowest BCUT2D eigenvalue weighted by Crippen LogP contribution is -2.30. The highest BCUT2D eigenvalue weighted by Crippen LogP contribution is 1.98. The summed E-state index contributed by atoms with van der Waals surface area (Å²) in [5.41, 5.74) is 0. The Hall–Kier alpha value is -0.610. The third-order valence-electron chi connectivity index (χ3n) is 1.75. The zero-order chi connectivity index (χ0) is 10.3. The molecule has 0 aromatic rings. The third kappa shape index (κ3) is 9.30. The monoisotopic (exact) mass is 188 g/mol. The second-order valence-corrected chi connectivity index (χ2v) is 3.71. The van der Waals surface area contributed by atoms with E-state index in [1.54, 1.807) is 0 Å². The summed E-state index contributed by atoms with van der Waals surface area (Å²) in [5, 5.41) is 11.7. The minimum Gasteiger partial charge on any atom is -0.481 e. The number of carboxylic acid groups (broad SMARTS) is 1. The van der Waals surface area contributed by atoms with Gasteiger partial charge in [0.1, 0.15) is 0 Å². The van der Waals surface area contributed by atoms with Crippen molar-refractivity contribution in [2.24, 2.45) is 5.92 Å². The molecule has 0 fully saturated rings. The summed E-state index contributed by atoms with van der Waals surface area (Å²) in [4.78, 5) is 12.4. The number of nitrogens with one attached hydrogen (secondary N) is 1. The Balaban J connectivity index is 3.26. The van der Waals surface area contributed by atoms with Crippen LogP contribution in [0.1, 0.15) is 13.3 Å². The van der Waals surface area contributed by atoms with E-state index in [9.17, 15) is 4.79 Å². The number of hydrogen-bond acceptors (Lipinski definition) is 3. The first-order valence-electron chi connectivity index (χ1n) is 4.59. The zero-order valence-corrected chi connectivity index (χ0v) is 8.71. The minimum atomic E-state index is -0.720. The Morgan fingerprint density at radius 3 is 2.62 bits per heavy atom. The van der Waals surface area contributed by atoms with Gasteiger partial charge in [-0.3, -0.25) is 4.79 Å². The van der Waals surface area contributed by atoms with Crippen molar-refractivity contribution < 1.29 is 9.90 Å². The highest BCUT2D eigenvalue weighted by atomic mass is 16.4. The Kier molecular flexibility index (Phi) is 6.54. The van der Waals surface area contributed by atoms with Gasteiger partial charge < -0.3 is 15.3 Å². The summed E-state index contributed by atoms with van der Waals surface area (Å²) in [6.07, 6.45) is 0.245. The van der Waals surface area contributed by atoms with Crippen LogP contribution in [0.4, 0.5) is 0 Å². The molecule has 0 radical (unpaired) electrons. The molecule has 1 unspecified atom stereocenters. The summed E-state index contributed by atoms with van der Waals surface area (Å²) in [7, 11) is 4.03. The first-order valence-corrected chi connectivity index (χ1v) is 4.59. The molecule has 2 N–H and O–H groups in total. The molecule has 78 valence electrons.